The van der Waals surface area contributed by atoms with Crippen LogP contribution in [0.2, 0.25) is 0 Å². The molecular formula is C13H9BrF2N2O. The van der Waals surface area contributed by atoms with Crippen molar-refractivity contribution in [2.45, 2.75) is 0 Å². The van der Waals surface area contributed by atoms with Gasteiger partial charge in [0.05, 0.1) is 4.47 Å². The van der Waals surface area contributed by atoms with E-state index in [2.05, 4.69) is 15.9 Å². The molecule has 0 aliphatic carbocycles. The minimum absolute atomic E-state index is 0.0384. The van der Waals surface area contributed by atoms with Gasteiger partial charge in [-0.3, -0.25) is 5.41 Å². The van der Waals surface area contributed by atoms with Gasteiger partial charge in [0.2, 0.25) is 0 Å². The van der Waals surface area contributed by atoms with Gasteiger partial charge in [0.1, 0.15) is 17.4 Å². The maximum atomic E-state index is 14.0. The van der Waals surface area contributed by atoms with Gasteiger partial charge in [-0.15, -0.1) is 0 Å². The quantitative estimate of drug-likeness (QED) is 0.665. The molecule has 0 saturated heterocycles. The van der Waals surface area contributed by atoms with E-state index in [1.54, 1.807) is 0 Å². The summed E-state index contributed by atoms with van der Waals surface area (Å²) in [6.07, 6.45) is 0. The van der Waals surface area contributed by atoms with Crippen molar-refractivity contribution in [2.24, 2.45) is 5.73 Å². The zero-order valence-electron chi connectivity index (χ0n) is 9.58. The number of hydrogen-bond donors (Lipinski definition) is 2. The summed E-state index contributed by atoms with van der Waals surface area (Å²) >= 11 is 3.02. The molecule has 0 heterocycles. The Morgan fingerprint density at radius 3 is 2.32 bits per heavy atom. The summed E-state index contributed by atoms with van der Waals surface area (Å²) in [4.78, 5) is 0. The molecule has 19 heavy (non-hydrogen) atoms. The summed E-state index contributed by atoms with van der Waals surface area (Å²) in [5.41, 5.74) is 5.55. The third kappa shape index (κ3) is 2.90. The van der Waals surface area contributed by atoms with Crippen molar-refractivity contribution in [1.82, 2.24) is 0 Å². The molecule has 0 saturated carbocycles. The monoisotopic (exact) mass is 326 g/mol. The fourth-order valence-corrected chi connectivity index (χ4v) is 1.99. The van der Waals surface area contributed by atoms with Gasteiger partial charge in [0.25, 0.3) is 0 Å². The second-order valence-electron chi connectivity index (χ2n) is 3.71. The molecule has 0 fully saturated rings. The second-order valence-corrected chi connectivity index (χ2v) is 4.50. The number of benzene rings is 2. The number of ether oxygens (including phenoxy) is 1. The Morgan fingerprint density at radius 2 is 1.74 bits per heavy atom. The van der Waals surface area contributed by atoms with E-state index >= 15 is 0 Å². The summed E-state index contributed by atoms with van der Waals surface area (Å²) in [7, 11) is 0. The average molecular weight is 327 g/mol. The molecule has 0 aromatic heterocycles. The van der Waals surface area contributed by atoms with E-state index in [0.717, 1.165) is 0 Å². The SMILES string of the molecule is N=C(N)c1ccc(Oc2ccc(F)cc2)c(F)c1Br. The van der Waals surface area contributed by atoms with E-state index < -0.39 is 11.6 Å². The number of nitrogens with one attached hydrogen (secondary N) is 1. The largest absolute Gasteiger partial charge is 0.454 e. The lowest BCUT2D eigenvalue weighted by atomic mass is 10.2. The number of nitrogens with two attached hydrogens (primary N) is 1. The topological polar surface area (TPSA) is 59.1 Å². The van der Waals surface area contributed by atoms with Crippen LogP contribution in [0.15, 0.2) is 40.9 Å². The highest BCUT2D eigenvalue weighted by atomic mass is 79.9. The molecule has 0 aliphatic rings. The smallest absolute Gasteiger partial charge is 0.180 e. The standard InChI is InChI=1S/C13H9BrF2N2O/c14-11-9(13(17)18)5-6-10(12(11)16)19-8-3-1-7(15)2-4-8/h1-6H,(H3,17,18). The molecule has 2 aromatic carbocycles. The van der Waals surface area contributed by atoms with Crippen LogP contribution in [0.5, 0.6) is 11.5 Å². The van der Waals surface area contributed by atoms with Crippen molar-refractivity contribution in [3.8, 4) is 11.5 Å². The average Bonchev–Trinajstić information content (AvgIpc) is 2.37. The van der Waals surface area contributed by atoms with E-state index in [1.165, 1.54) is 36.4 Å². The highest BCUT2D eigenvalue weighted by Gasteiger charge is 2.14. The third-order valence-electron chi connectivity index (χ3n) is 2.38. The lowest BCUT2D eigenvalue weighted by Gasteiger charge is -2.10. The lowest BCUT2D eigenvalue weighted by molar-refractivity contribution is 0.439. The van der Waals surface area contributed by atoms with Crippen LogP contribution in [0.25, 0.3) is 0 Å². The molecule has 2 aromatic rings. The molecule has 3 N–H and O–H groups in total. The van der Waals surface area contributed by atoms with Gasteiger partial charge in [0, 0.05) is 5.56 Å². The predicted octanol–water partition coefficient (Wildman–Crippen LogP) is 3.80. The normalized spacial score (nSPS) is 10.3. The van der Waals surface area contributed by atoms with Crippen LogP contribution in [0, 0.1) is 17.0 Å². The van der Waals surface area contributed by atoms with Gasteiger partial charge < -0.3 is 10.5 Å². The highest BCUT2D eigenvalue weighted by molar-refractivity contribution is 9.10. The van der Waals surface area contributed by atoms with Crippen LogP contribution in [-0.4, -0.2) is 5.84 Å². The minimum Gasteiger partial charge on any atom is -0.454 e. The molecular weight excluding hydrogens is 318 g/mol. The van der Waals surface area contributed by atoms with Crippen molar-refractivity contribution in [3.05, 3.63) is 58.1 Å². The number of hydrogen-bond acceptors (Lipinski definition) is 2. The highest BCUT2D eigenvalue weighted by Crippen LogP contribution is 2.31. The van der Waals surface area contributed by atoms with E-state index in [9.17, 15) is 8.78 Å². The Balaban J connectivity index is 2.34. The van der Waals surface area contributed by atoms with Crippen molar-refractivity contribution in [1.29, 1.82) is 5.41 Å². The second kappa shape index (κ2) is 5.36. The maximum absolute atomic E-state index is 14.0. The Labute approximate surface area is 116 Å². The first-order chi connectivity index (χ1) is 8.99. The lowest BCUT2D eigenvalue weighted by Crippen LogP contribution is -2.12. The molecule has 0 unspecified atom stereocenters. The summed E-state index contributed by atoms with van der Waals surface area (Å²) in [6.45, 7) is 0. The number of rotatable bonds is 3. The zero-order valence-corrected chi connectivity index (χ0v) is 11.2. The third-order valence-corrected chi connectivity index (χ3v) is 3.15. The molecule has 6 heteroatoms. The van der Waals surface area contributed by atoms with Crippen LogP contribution in [0.1, 0.15) is 5.56 Å². The Kier molecular flexibility index (Phi) is 3.80. The van der Waals surface area contributed by atoms with Crippen LogP contribution < -0.4 is 10.5 Å². The number of nitrogen functional groups attached to an aromatic ring is 1. The first-order valence-corrected chi connectivity index (χ1v) is 6.04. The van der Waals surface area contributed by atoms with Crippen molar-refractivity contribution in [2.75, 3.05) is 0 Å². The van der Waals surface area contributed by atoms with Gasteiger partial charge >= 0.3 is 0 Å². The Morgan fingerprint density at radius 1 is 1.11 bits per heavy atom. The molecule has 0 amide bonds. The van der Waals surface area contributed by atoms with Gasteiger partial charge in [-0.25, -0.2) is 8.78 Å². The molecule has 0 atom stereocenters. The molecule has 0 radical (unpaired) electrons. The predicted molar refractivity (Wildman–Crippen MR) is 71.6 cm³/mol. The van der Waals surface area contributed by atoms with Crippen LogP contribution in [-0.2, 0) is 0 Å². The zero-order chi connectivity index (χ0) is 14.0. The van der Waals surface area contributed by atoms with Gasteiger partial charge in [-0.05, 0) is 52.3 Å². The fraction of sp³-hybridized carbons (Fsp3) is 0. The van der Waals surface area contributed by atoms with Gasteiger partial charge in [0.15, 0.2) is 11.6 Å². The van der Waals surface area contributed by atoms with E-state index in [1.807, 2.05) is 0 Å². The fourth-order valence-electron chi connectivity index (χ4n) is 1.45. The molecule has 2 rings (SSSR count). The molecule has 0 spiro atoms. The first kappa shape index (κ1) is 13.5. The number of halogens is 3. The van der Waals surface area contributed by atoms with Gasteiger partial charge in [-0.2, -0.15) is 0 Å². The van der Waals surface area contributed by atoms with E-state index in [-0.39, 0.29) is 21.6 Å². The minimum atomic E-state index is -0.669. The van der Waals surface area contributed by atoms with Crippen LogP contribution >= 0.6 is 15.9 Å². The van der Waals surface area contributed by atoms with E-state index in [4.69, 9.17) is 15.9 Å². The van der Waals surface area contributed by atoms with Crippen molar-refractivity contribution in [3.63, 3.8) is 0 Å². The van der Waals surface area contributed by atoms with Crippen LogP contribution in [0.3, 0.4) is 0 Å². The summed E-state index contributed by atoms with van der Waals surface area (Å²) in [5, 5.41) is 7.29. The molecule has 3 nitrogen and oxygen atoms in total. The Hall–Kier alpha value is -1.95. The summed E-state index contributed by atoms with van der Waals surface area (Å²) in [5.74, 6) is -1.05. The molecule has 98 valence electrons. The summed E-state index contributed by atoms with van der Waals surface area (Å²) in [6, 6.07) is 8.04. The number of amidine groups is 1. The van der Waals surface area contributed by atoms with Crippen LogP contribution in [0.4, 0.5) is 8.78 Å². The van der Waals surface area contributed by atoms with Gasteiger partial charge in [-0.1, -0.05) is 0 Å². The van der Waals surface area contributed by atoms with Crippen molar-refractivity contribution >= 4 is 21.8 Å². The van der Waals surface area contributed by atoms with Crippen molar-refractivity contribution < 1.29 is 13.5 Å². The van der Waals surface area contributed by atoms with E-state index in [0.29, 0.717) is 5.75 Å². The molecule has 0 aliphatic heterocycles. The Bertz CT molecular complexity index is 629. The first-order valence-electron chi connectivity index (χ1n) is 5.25. The molecule has 0 bridgehead atoms. The maximum Gasteiger partial charge on any atom is 0.180 e. The summed E-state index contributed by atoms with van der Waals surface area (Å²) < 4.78 is 32.1.